The highest BCUT2D eigenvalue weighted by Gasteiger charge is 2.28. The van der Waals surface area contributed by atoms with Gasteiger partial charge in [0.1, 0.15) is 16.9 Å². The molecule has 0 fully saturated rings. The minimum Gasteiger partial charge on any atom is -0.481 e. The highest BCUT2D eigenvalue weighted by Crippen LogP contribution is 2.45. The lowest BCUT2D eigenvalue weighted by Crippen LogP contribution is -2.31. The summed E-state index contributed by atoms with van der Waals surface area (Å²) >= 11 is 1.64. The molecule has 1 atom stereocenters. The van der Waals surface area contributed by atoms with Crippen molar-refractivity contribution >= 4 is 23.1 Å². The molecule has 0 radical (unpaired) electrons. The molecule has 3 heterocycles. The van der Waals surface area contributed by atoms with Crippen molar-refractivity contribution in [1.29, 1.82) is 0 Å². The smallest absolute Gasteiger partial charge is 0.246 e. The first-order valence-corrected chi connectivity index (χ1v) is 10.5. The summed E-state index contributed by atoms with van der Waals surface area (Å²) in [6, 6.07) is 19.7. The standard InChI is InChI=1S/C23H19N5O2S/c1-29-21-17(5-4-12-26-21)20-22(27-14-13-25-20)30-16-10-8-15(9-11-16)28-18-6-2-3-7-19(18)31-23(28)24/h2-14,23H,24H2,1H3. The maximum Gasteiger partial charge on any atom is 0.246 e. The molecule has 4 aromatic rings. The number of thioether (sulfide) groups is 1. The fourth-order valence-corrected chi connectivity index (χ4v) is 4.51. The predicted octanol–water partition coefficient (Wildman–Crippen LogP) is 4.83. The van der Waals surface area contributed by atoms with Crippen LogP contribution in [0.2, 0.25) is 0 Å². The average Bonchev–Trinajstić information content (AvgIpc) is 3.15. The molecule has 1 unspecified atom stereocenters. The molecule has 31 heavy (non-hydrogen) atoms. The van der Waals surface area contributed by atoms with Crippen LogP contribution < -0.4 is 20.1 Å². The SMILES string of the molecule is COc1ncccc1-c1nccnc1Oc1ccc(N2c3ccccc3SC2N)cc1. The summed E-state index contributed by atoms with van der Waals surface area (Å²) in [4.78, 5) is 16.3. The summed E-state index contributed by atoms with van der Waals surface area (Å²) in [7, 11) is 1.57. The zero-order chi connectivity index (χ0) is 21.2. The summed E-state index contributed by atoms with van der Waals surface area (Å²) in [6.07, 6.45) is 4.87. The average molecular weight is 430 g/mol. The molecule has 0 saturated heterocycles. The molecule has 2 N–H and O–H groups in total. The van der Waals surface area contributed by atoms with Crippen molar-refractivity contribution in [3.05, 3.63) is 79.3 Å². The van der Waals surface area contributed by atoms with Crippen molar-refractivity contribution in [3.8, 4) is 28.8 Å². The lowest BCUT2D eigenvalue weighted by atomic mass is 10.2. The molecule has 0 amide bonds. The number of benzene rings is 2. The van der Waals surface area contributed by atoms with E-state index in [-0.39, 0.29) is 5.50 Å². The Morgan fingerprint density at radius 2 is 1.65 bits per heavy atom. The van der Waals surface area contributed by atoms with E-state index in [1.165, 1.54) is 4.90 Å². The van der Waals surface area contributed by atoms with Crippen LogP contribution in [0.3, 0.4) is 0 Å². The summed E-state index contributed by atoms with van der Waals surface area (Å²) in [5.41, 5.74) is 9.55. The number of ether oxygens (including phenoxy) is 2. The zero-order valence-corrected chi connectivity index (χ0v) is 17.5. The molecule has 1 aliphatic heterocycles. The van der Waals surface area contributed by atoms with Gasteiger partial charge in [-0.3, -0.25) is 0 Å². The highest BCUT2D eigenvalue weighted by atomic mass is 32.2. The molecular weight excluding hydrogens is 410 g/mol. The molecule has 0 bridgehead atoms. The van der Waals surface area contributed by atoms with Gasteiger partial charge in [0.05, 0.1) is 18.4 Å². The van der Waals surface area contributed by atoms with Crippen LogP contribution in [0.15, 0.2) is 84.1 Å². The Morgan fingerprint density at radius 3 is 2.48 bits per heavy atom. The third-order valence-corrected chi connectivity index (χ3v) is 5.89. The lowest BCUT2D eigenvalue weighted by Gasteiger charge is -2.23. The van der Waals surface area contributed by atoms with E-state index in [2.05, 4.69) is 32.0 Å². The summed E-state index contributed by atoms with van der Waals surface area (Å²) < 4.78 is 11.4. The maximum absolute atomic E-state index is 6.36. The number of hydrogen-bond donors (Lipinski definition) is 1. The Kier molecular flexibility index (Phi) is 5.15. The second kappa shape index (κ2) is 8.25. The molecule has 2 aromatic heterocycles. The third-order valence-electron chi connectivity index (χ3n) is 4.84. The molecule has 154 valence electrons. The fourth-order valence-electron chi connectivity index (χ4n) is 3.47. The summed E-state index contributed by atoms with van der Waals surface area (Å²) in [5, 5.41) is 0. The lowest BCUT2D eigenvalue weighted by molar-refractivity contribution is 0.398. The van der Waals surface area contributed by atoms with Gasteiger partial charge in [-0.2, -0.15) is 0 Å². The van der Waals surface area contributed by atoms with Crippen LogP contribution in [0.1, 0.15) is 0 Å². The molecular formula is C23H19N5O2S. The first-order chi connectivity index (χ1) is 15.2. The minimum absolute atomic E-state index is 0.172. The highest BCUT2D eigenvalue weighted by molar-refractivity contribution is 8.00. The van der Waals surface area contributed by atoms with E-state index in [4.69, 9.17) is 15.2 Å². The quantitative estimate of drug-likeness (QED) is 0.483. The topological polar surface area (TPSA) is 86.4 Å². The number of fused-ring (bicyclic) bond motifs is 1. The first-order valence-electron chi connectivity index (χ1n) is 9.63. The van der Waals surface area contributed by atoms with E-state index < -0.39 is 0 Å². The van der Waals surface area contributed by atoms with Gasteiger partial charge >= 0.3 is 0 Å². The van der Waals surface area contributed by atoms with Crippen molar-refractivity contribution in [2.45, 2.75) is 10.4 Å². The summed E-state index contributed by atoms with van der Waals surface area (Å²) in [6.45, 7) is 0. The van der Waals surface area contributed by atoms with Gasteiger partial charge in [0, 0.05) is 29.2 Å². The minimum atomic E-state index is -0.172. The molecule has 7 nitrogen and oxygen atoms in total. The molecule has 1 aliphatic rings. The van der Waals surface area contributed by atoms with Gasteiger partial charge in [0.2, 0.25) is 11.8 Å². The Balaban J connectivity index is 1.43. The van der Waals surface area contributed by atoms with E-state index in [0.717, 1.165) is 11.4 Å². The molecule has 8 heteroatoms. The van der Waals surface area contributed by atoms with Crippen molar-refractivity contribution in [2.24, 2.45) is 5.73 Å². The van der Waals surface area contributed by atoms with E-state index in [1.807, 2.05) is 48.5 Å². The Hall–Kier alpha value is -3.62. The van der Waals surface area contributed by atoms with Crippen LogP contribution in [0, 0.1) is 0 Å². The van der Waals surface area contributed by atoms with Gasteiger partial charge in [-0.25, -0.2) is 15.0 Å². The van der Waals surface area contributed by atoms with Crippen LogP contribution in [0.4, 0.5) is 11.4 Å². The molecule has 0 aliphatic carbocycles. The van der Waals surface area contributed by atoms with Gasteiger partial charge in [-0.1, -0.05) is 23.9 Å². The van der Waals surface area contributed by atoms with E-state index in [0.29, 0.717) is 28.8 Å². The Morgan fingerprint density at radius 1 is 0.871 bits per heavy atom. The van der Waals surface area contributed by atoms with E-state index >= 15 is 0 Å². The van der Waals surface area contributed by atoms with Crippen molar-refractivity contribution < 1.29 is 9.47 Å². The fraction of sp³-hybridized carbons (Fsp3) is 0.0870. The number of rotatable bonds is 5. The number of aromatic nitrogens is 3. The largest absolute Gasteiger partial charge is 0.481 e. The first kappa shape index (κ1) is 19.3. The van der Waals surface area contributed by atoms with Crippen LogP contribution in [0.5, 0.6) is 17.5 Å². The predicted molar refractivity (Wildman–Crippen MR) is 121 cm³/mol. The zero-order valence-electron chi connectivity index (χ0n) is 16.7. The number of anilines is 2. The maximum atomic E-state index is 6.36. The molecule has 5 rings (SSSR count). The molecule has 0 spiro atoms. The number of nitrogens with zero attached hydrogens (tertiary/aromatic N) is 4. The van der Waals surface area contributed by atoms with Gasteiger partial charge < -0.3 is 20.1 Å². The van der Waals surface area contributed by atoms with E-state index in [9.17, 15) is 0 Å². The summed E-state index contributed by atoms with van der Waals surface area (Å²) in [5.74, 6) is 1.48. The van der Waals surface area contributed by atoms with Crippen molar-refractivity contribution in [2.75, 3.05) is 12.0 Å². The van der Waals surface area contributed by atoms with Crippen LogP contribution >= 0.6 is 11.8 Å². The number of pyridine rings is 1. The number of para-hydroxylation sites is 1. The van der Waals surface area contributed by atoms with Crippen LogP contribution in [-0.4, -0.2) is 27.6 Å². The van der Waals surface area contributed by atoms with E-state index in [1.54, 1.807) is 37.5 Å². The van der Waals surface area contributed by atoms with Crippen molar-refractivity contribution in [1.82, 2.24) is 15.0 Å². The normalized spacial score (nSPS) is 14.9. The second-order valence-corrected chi connectivity index (χ2v) is 7.87. The van der Waals surface area contributed by atoms with Gasteiger partial charge in [0.15, 0.2) is 0 Å². The van der Waals surface area contributed by atoms with Gasteiger partial charge in [0.25, 0.3) is 0 Å². The Bertz CT molecular complexity index is 1220. The monoisotopic (exact) mass is 429 g/mol. The molecule has 2 aromatic carbocycles. The number of hydrogen-bond acceptors (Lipinski definition) is 8. The Labute approximate surface area is 183 Å². The van der Waals surface area contributed by atoms with Gasteiger partial charge in [-0.15, -0.1) is 0 Å². The second-order valence-electron chi connectivity index (χ2n) is 6.71. The third kappa shape index (κ3) is 3.67. The number of methoxy groups -OCH3 is 1. The van der Waals surface area contributed by atoms with Crippen LogP contribution in [-0.2, 0) is 0 Å². The van der Waals surface area contributed by atoms with Crippen molar-refractivity contribution in [3.63, 3.8) is 0 Å². The number of nitrogens with two attached hydrogens (primary N) is 1. The molecule has 0 saturated carbocycles. The van der Waals surface area contributed by atoms with Crippen LogP contribution in [0.25, 0.3) is 11.3 Å². The van der Waals surface area contributed by atoms with Gasteiger partial charge in [-0.05, 0) is 48.5 Å².